The third-order valence-electron chi connectivity index (χ3n) is 6.83. The van der Waals surface area contributed by atoms with E-state index in [1.54, 1.807) is 9.80 Å². The molecule has 0 spiro atoms. The molecule has 2 fully saturated rings. The number of ether oxygens (including phenoxy) is 2. The van der Waals surface area contributed by atoms with Crippen molar-refractivity contribution in [2.24, 2.45) is 0 Å². The van der Waals surface area contributed by atoms with Crippen molar-refractivity contribution in [1.29, 1.82) is 0 Å². The fourth-order valence-electron chi connectivity index (χ4n) is 4.66. The van der Waals surface area contributed by atoms with E-state index in [-0.39, 0.29) is 43.2 Å². The highest BCUT2D eigenvalue weighted by atomic mass is 19.3. The summed E-state index contributed by atoms with van der Waals surface area (Å²) in [5.74, 6) is 0.963. The molecule has 0 bridgehead atoms. The third-order valence-corrected chi connectivity index (χ3v) is 6.83. The fraction of sp³-hybridized carbons (Fsp3) is 0.600. The van der Waals surface area contributed by atoms with E-state index in [1.165, 1.54) is 36.6 Å². The molecule has 0 unspecified atom stereocenters. The smallest absolute Gasteiger partial charge is 0.413 e. The fourth-order valence-corrected chi connectivity index (χ4v) is 4.66. The zero-order valence-electron chi connectivity index (χ0n) is 22.9. The summed E-state index contributed by atoms with van der Waals surface area (Å²) in [5, 5.41) is 5.17. The predicted molar refractivity (Wildman–Crippen MR) is 143 cm³/mol. The summed E-state index contributed by atoms with van der Waals surface area (Å²) in [4.78, 5) is 46.6. The van der Waals surface area contributed by atoms with Crippen LogP contribution >= 0.6 is 0 Å². The highest BCUT2D eigenvalue weighted by molar-refractivity contribution is 5.88. The number of anilines is 3. The van der Waals surface area contributed by atoms with Crippen LogP contribution in [0.4, 0.5) is 40.3 Å². The molecule has 13 nitrogen and oxygen atoms in total. The maximum atomic E-state index is 14.9. The van der Waals surface area contributed by atoms with Crippen LogP contribution in [-0.2, 0) is 4.74 Å². The average molecular weight is 582 g/mol. The quantitative estimate of drug-likeness (QED) is 0.455. The van der Waals surface area contributed by atoms with Gasteiger partial charge in [0.05, 0.1) is 31.6 Å². The van der Waals surface area contributed by atoms with Gasteiger partial charge in [-0.1, -0.05) is 0 Å². The zero-order chi connectivity index (χ0) is 29.4. The minimum atomic E-state index is -2.40. The van der Waals surface area contributed by atoms with Crippen LogP contribution in [0, 0.1) is 0 Å². The first-order valence-corrected chi connectivity index (χ1v) is 13.4. The number of aromatic nitrogens is 4. The number of piperidine rings is 2. The van der Waals surface area contributed by atoms with Crippen molar-refractivity contribution < 1.29 is 32.2 Å². The van der Waals surface area contributed by atoms with Gasteiger partial charge in [-0.05, 0) is 32.3 Å². The number of carbonyl (C=O) groups is 2. The number of alkyl halides is 3. The highest BCUT2D eigenvalue weighted by Crippen LogP contribution is 2.23. The third kappa shape index (κ3) is 8.52. The molecular formula is C25H34F3N9O4. The summed E-state index contributed by atoms with van der Waals surface area (Å²) in [6, 6.07) is 0.130. The Morgan fingerprint density at radius 1 is 1.10 bits per heavy atom. The molecule has 2 saturated heterocycles. The van der Waals surface area contributed by atoms with Crippen LogP contribution < -0.4 is 20.3 Å². The second-order valence-electron chi connectivity index (χ2n) is 9.70. The van der Waals surface area contributed by atoms with E-state index in [0.29, 0.717) is 45.0 Å². The molecule has 2 aromatic rings. The predicted octanol–water partition coefficient (Wildman–Crippen LogP) is 3.02. The number of urea groups is 1. The molecule has 2 aliphatic heterocycles. The van der Waals surface area contributed by atoms with Gasteiger partial charge in [-0.2, -0.15) is 4.98 Å². The summed E-state index contributed by atoms with van der Waals surface area (Å²) in [7, 11) is 1.49. The molecule has 41 heavy (non-hydrogen) atoms. The number of nitrogens with zero attached hydrogens (tertiary/aromatic N) is 7. The Balaban J connectivity index is 1.30. The van der Waals surface area contributed by atoms with E-state index in [4.69, 9.17) is 9.47 Å². The Kier molecular flexibility index (Phi) is 10.3. The molecular weight excluding hydrogens is 547 g/mol. The van der Waals surface area contributed by atoms with Gasteiger partial charge in [0.1, 0.15) is 18.1 Å². The summed E-state index contributed by atoms with van der Waals surface area (Å²) in [6.45, 7) is 3.22. The van der Waals surface area contributed by atoms with Gasteiger partial charge in [-0.3, -0.25) is 15.5 Å². The summed E-state index contributed by atoms with van der Waals surface area (Å²) >= 11 is 0. The van der Waals surface area contributed by atoms with Gasteiger partial charge in [0.15, 0.2) is 5.82 Å². The van der Waals surface area contributed by atoms with E-state index in [1.807, 2.05) is 6.92 Å². The lowest BCUT2D eigenvalue weighted by atomic mass is 10.0. The molecule has 2 N–H and O–H groups in total. The molecule has 16 heteroatoms. The first-order chi connectivity index (χ1) is 19.7. The molecule has 0 radical (unpaired) electrons. The van der Waals surface area contributed by atoms with Crippen molar-refractivity contribution in [3.8, 4) is 5.88 Å². The van der Waals surface area contributed by atoms with Crippen molar-refractivity contribution >= 4 is 29.7 Å². The molecule has 2 aromatic heterocycles. The monoisotopic (exact) mass is 581 g/mol. The molecule has 0 aliphatic carbocycles. The molecule has 224 valence electrons. The van der Waals surface area contributed by atoms with Gasteiger partial charge in [0.2, 0.25) is 11.8 Å². The molecule has 4 heterocycles. The number of carbonyl (C=O) groups excluding carboxylic acids is 2. The number of rotatable bonds is 9. The molecule has 4 rings (SSSR count). The van der Waals surface area contributed by atoms with Crippen LogP contribution in [0.2, 0.25) is 0 Å². The van der Waals surface area contributed by atoms with E-state index < -0.39 is 30.8 Å². The van der Waals surface area contributed by atoms with Gasteiger partial charge in [-0.15, -0.1) is 0 Å². The molecule has 0 saturated carbocycles. The van der Waals surface area contributed by atoms with Crippen LogP contribution in [-0.4, -0.2) is 113 Å². The Morgan fingerprint density at radius 2 is 1.88 bits per heavy atom. The average Bonchev–Trinajstić information content (AvgIpc) is 2.95. The lowest BCUT2D eigenvalue weighted by Gasteiger charge is -2.39. The van der Waals surface area contributed by atoms with E-state index in [0.717, 1.165) is 0 Å². The lowest BCUT2D eigenvalue weighted by molar-refractivity contribution is 0.0307. The van der Waals surface area contributed by atoms with E-state index in [9.17, 15) is 22.8 Å². The zero-order valence-corrected chi connectivity index (χ0v) is 22.9. The summed E-state index contributed by atoms with van der Waals surface area (Å²) in [6.07, 6.45) is 0.471. The Morgan fingerprint density at radius 3 is 2.56 bits per heavy atom. The standard InChI is InChI=1S/C25H34F3N9O4/c1-3-40-22-13-30-21(12-31-22)33-24(38)35(2)18-14-37(11-7-17(18)26)23-29-8-4-20(32-23)34-25(39)41-16-5-9-36(10-6-16)15-19(27)28/h4,8,12-13,16-19H,3,5-7,9-11,14-15H2,1-2H3,(H,30,33,38)(H,29,32,34,39)/t17-,18+/m1/s1. The normalized spacial score (nSPS) is 20.0. The Bertz CT molecular complexity index is 1160. The number of likely N-dealkylation sites (N-methyl/N-ethyl adjacent to an activating group) is 1. The number of hydrogen-bond acceptors (Lipinski definition) is 10. The maximum absolute atomic E-state index is 14.9. The first-order valence-electron chi connectivity index (χ1n) is 13.4. The van der Waals surface area contributed by atoms with Crippen molar-refractivity contribution in [3.63, 3.8) is 0 Å². The lowest BCUT2D eigenvalue weighted by Crippen LogP contribution is -2.55. The number of nitrogens with one attached hydrogen (secondary N) is 2. The Hall–Kier alpha value is -3.95. The van der Waals surface area contributed by atoms with E-state index in [2.05, 4.69) is 30.6 Å². The van der Waals surface area contributed by atoms with Gasteiger partial charge < -0.3 is 19.3 Å². The first kappa shape index (κ1) is 30.0. The van der Waals surface area contributed by atoms with Crippen LogP contribution in [0.1, 0.15) is 26.2 Å². The summed E-state index contributed by atoms with van der Waals surface area (Å²) in [5.41, 5.74) is 0. The minimum absolute atomic E-state index is 0.116. The molecule has 2 atom stereocenters. The van der Waals surface area contributed by atoms with Crippen molar-refractivity contribution in [2.75, 3.05) is 61.9 Å². The number of likely N-dealkylation sites (tertiary alicyclic amines) is 1. The topological polar surface area (TPSA) is 138 Å². The second kappa shape index (κ2) is 14.1. The number of amides is 3. The van der Waals surface area contributed by atoms with Crippen LogP contribution in [0.15, 0.2) is 24.7 Å². The SMILES string of the molecule is CCOc1cnc(NC(=O)N(C)[C@H]2CN(c3nccc(NC(=O)OC4CCN(CC(F)F)CC4)n3)CC[C@H]2F)cn1. The molecule has 3 amide bonds. The summed E-state index contributed by atoms with van der Waals surface area (Å²) < 4.78 is 50.7. The van der Waals surface area contributed by atoms with Crippen LogP contribution in [0.25, 0.3) is 0 Å². The second-order valence-corrected chi connectivity index (χ2v) is 9.70. The number of hydrogen-bond donors (Lipinski definition) is 2. The van der Waals surface area contributed by atoms with E-state index >= 15 is 0 Å². The van der Waals surface area contributed by atoms with Gasteiger partial charge in [-0.25, -0.2) is 37.7 Å². The Labute approximate surface area is 235 Å². The highest BCUT2D eigenvalue weighted by Gasteiger charge is 2.35. The van der Waals surface area contributed by atoms with Crippen molar-refractivity contribution in [1.82, 2.24) is 29.7 Å². The minimum Gasteiger partial charge on any atom is -0.477 e. The number of halogens is 3. The van der Waals surface area contributed by atoms with Gasteiger partial charge >= 0.3 is 12.1 Å². The molecule has 2 aliphatic rings. The molecule has 0 aromatic carbocycles. The van der Waals surface area contributed by atoms with Crippen LogP contribution in [0.5, 0.6) is 5.88 Å². The van der Waals surface area contributed by atoms with Gasteiger partial charge in [0.25, 0.3) is 6.43 Å². The van der Waals surface area contributed by atoms with Crippen molar-refractivity contribution in [3.05, 3.63) is 24.7 Å². The maximum Gasteiger partial charge on any atom is 0.413 e. The van der Waals surface area contributed by atoms with Crippen LogP contribution in [0.3, 0.4) is 0 Å². The largest absolute Gasteiger partial charge is 0.477 e. The van der Waals surface area contributed by atoms with Crippen molar-refractivity contribution in [2.45, 2.75) is 50.9 Å². The van der Waals surface area contributed by atoms with Gasteiger partial charge in [0, 0.05) is 39.4 Å².